The van der Waals surface area contributed by atoms with E-state index in [4.69, 9.17) is 0 Å². The molecular formula is C16H18N4O. The molecule has 0 aliphatic heterocycles. The van der Waals surface area contributed by atoms with Crippen molar-refractivity contribution >= 4 is 17.5 Å². The smallest absolute Gasteiger partial charge is 0.227 e. The monoisotopic (exact) mass is 282 g/mol. The summed E-state index contributed by atoms with van der Waals surface area (Å²) in [6.45, 7) is 2.05. The molecule has 21 heavy (non-hydrogen) atoms. The van der Waals surface area contributed by atoms with Gasteiger partial charge in [-0.2, -0.15) is 0 Å². The van der Waals surface area contributed by atoms with Gasteiger partial charge < -0.3 is 10.6 Å². The first-order valence-electron chi connectivity index (χ1n) is 7.17. The zero-order valence-corrected chi connectivity index (χ0v) is 11.9. The lowest BCUT2D eigenvalue weighted by molar-refractivity contribution is -0.117. The lowest BCUT2D eigenvalue weighted by Crippen LogP contribution is -2.13. The van der Waals surface area contributed by atoms with Crippen LogP contribution in [0.5, 0.6) is 0 Å². The number of anilines is 2. The largest absolute Gasteiger partial charge is 0.348 e. The minimum absolute atomic E-state index is 0.0978. The molecule has 3 rings (SSSR count). The number of nitrogens with zero attached hydrogens (tertiary/aromatic N) is 2. The first kappa shape index (κ1) is 13.5. The van der Waals surface area contributed by atoms with E-state index in [1.165, 1.54) is 0 Å². The Labute approximate surface area is 123 Å². The van der Waals surface area contributed by atoms with Crippen molar-refractivity contribution in [2.24, 2.45) is 5.92 Å². The third-order valence-electron chi connectivity index (χ3n) is 3.54. The van der Waals surface area contributed by atoms with Crippen LogP contribution >= 0.6 is 0 Å². The van der Waals surface area contributed by atoms with Crippen molar-refractivity contribution in [1.29, 1.82) is 0 Å². The van der Waals surface area contributed by atoms with Crippen LogP contribution in [0.2, 0.25) is 0 Å². The average Bonchev–Trinajstić information content (AvgIpc) is 3.33. The van der Waals surface area contributed by atoms with Crippen molar-refractivity contribution in [1.82, 2.24) is 9.97 Å². The molecule has 1 aromatic carbocycles. The molecule has 0 spiro atoms. The molecule has 108 valence electrons. The van der Waals surface area contributed by atoms with Gasteiger partial charge in [-0.05, 0) is 43.5 Å². The van der Waals surface area contributed by atoms with Gasteiger partial charge in [0.1, 0.15) is 0 Å². The van der Waals surface area contributed by atoms with Crippen LogP contribution in [0.25, 0.3) is 0 Å². The summed E-state index contributed by atoms with van der Waals surface area (Å²) in [5.41, 5.74) is 1.96. The molecule has 1 heterocycles. The summed E-state index contributed by atoms with van der Waals surface area (Å²) in [5, 5.41) is 6.17. The Bertz CT molecular complexity index is 608. The van der Waals surface area contributed by atoms with Crippen molar-refractivity contribution in [3.63, 3.8) is 0 Å². The molecule has 1 aliphatic rings. The van der Waals surface area contributed by atoms with Gasteiger partial charge in [-0.15, -0.1) is 0 Å². The minimum atomic E-state index is 0.0978. The lowest BCUT2D eigenvalue weighted by Gasteiger charge is -2.14. The maximum Gasteiger partial charge on any atom is 0.227 e. The third-order valence-corrected chi connectivity index (χ3v) is 3.54. The van der Waals surface area contributed by atoms with Crippen molar-refractivity contribution in [3.05, 3.63) is 48.3 Å². The van der Waals surface area contributed by atoms with E-state index in [0.717, 1.165) is 24.1 Å². The van der Waals surface area contributed by atoms with Crippen LogP contribution in [-0.2, 0) is 4.79 Å². The summed E-state index contributed by atoms with van der Waals surface area (Å²) in [7, 11) is 0. The van der Waals surface area contributed by atoms with Gasteiger partial charge in [0.2, 0.25) is 11.9 Å². The molecular weight excluding hydrogens is 264 g/mol. The number of carbonyl (C=O) groups excluding carboxylic acids is 1. The molecule has 2 N–H and O–H groups in total. The van der Waals surface area contributed by atoms with Crippen LogP contribution in [0.15, 0.2) is 42.7 Å². The van der Waals surface area contributed by atoms with Crippen LogP contribution in [0, 0.1) is 5.92 Å². The fourth-order valence-corrected chi connectivity index (χ4v) is 2.10. The van der Waals surface area contributed by atoms with Crippen molar-refractivity contribution in [2.75, 3.05) is 10.6 Å². The highest BCUT2D eigenvalue weighted by atomic mass is 16.2. The Kier molecular flexibility index (Phi) is 3.81. The number of amides is 1. The Hall–Kier alpha value is -2.43. The van der Waals surface area contributed by atoms with Crippen molar-refractivity contribution < 1.29 is 4.79 Å². The van der Waals surface area contributed by atoms with Gasteiger partial charge in [0.15, 0.2) is 0 Å². The maximum atomic E-state index is 11.7. The van der Waals surface area contributed by atoms with Crippen molar-refractivity contribution in [2.45, 2.75) is 25.8 Å². The summed E-state index contributed by atoms with van der Waals surface area (Å²) >= 11 is 0. The summed E-state index contributed by atoms with van der Waals surface area (Å²) in [6, 6.07) is 9.75. The molecule has 1 saturated carbocycles. The van der Waals surface area contributed by atoms with Gasteiger partial charge in [0, 0.05) is 24.0 Å². The molecule has 1 atom stereocenters. The van der Waals surface area contributed by atoms with Crippen LogP contribution < -0.4 is 10.6 Å². The van der Waals surface area contributed by atoms with Gasteiger partial charge in [-0.3, -0.25) is 4.79 Å². The van der Waals surface area contributed by atoms with E-state index in [2.05, 4.69) is 20.6 Å². The highest BCUT2D eigenvalue weighted by molar-refractivity contribution is 5.94. The summed E-state index contributed by atoms with van der Waals surface area (Å²) < 4.78 is 0. The van der Waals surface area contributed by atoms with E-state index in [0.29, 0.717) is 5.95 Å². The van der Waals surface area contributed by atoms with Crippen LogP contribution in [-0.4, -0.2) is 15.9 Å². The highest BCUT2D eigenvalue weighted by Gasteiger charge is 2.29. The quantitative estimate of drug-likeness (QED) is 0.884. The lowest BCUT2D eigenvalue weighted by atomic mass is 10.1. The van der Waals surface area contributed by atoms with Crippen LogP contribution in [0.4, 0.5) is 11.6 Å². The normalized spacial score (nSPS) is 15.3. The molecule has 1 aliphatic carbocycles. The molecule has 0 radical (unpaired) electrons. The predicted octanol–water partition coefficient (Wildman–Crippen LogP) is 3.00. The Morgan fingerprint density at radius 2 is 1.86 bits per heavy atom. The van der Waals surface area contributed by atoms with E-state index < -0.39 is 0 Å². The second-order valence-corrected chi connectivity index (χ2v) is 5.32. The fraction of sp³-hybridized carbons (Fsp3) is 0.312. The van der Waals surface area contributed by atoms with E-state index in [1.54, 1.807) is 18.5 Å². The van der Waals surface area contributed by atoms with Gasteiger partial charge >= 0.3 is 0 Å². The molecule has 0 unspecified atom stereocenters. The topological polar surface area (TPSA) is 66.9 Å². The van der Waals surface area contributed by atoms with Gasteiger partial charge in [-0.25, -0.2) is 9.97 Å². The van der Waals surface area contributed by atoms with Gasteiger partial charge in [0.25, 0.3) is 0 Å². The molecule has 5 nitrogen and oxygen atoms in total. The average molecular weight is 282 g/mol. The number of hydrogen-bond donors (Lipinski definition) is 2. The summed E-state index contributed by atoms with van der Waals surface area (Å²) in [4.78, 5) is 20.0. The predicted molar refractivity (Wildman–Crippen MR) is 81.9 cm³/mol. The first-order valence-corrected chi connectivity index (χ1v) is 7.17. The Morgan fingerprint density at radius 1 is 1.19 bits per heavy atom. The van der Waals surface area contributed by atoms with Crippen molar-refractivity contribution in [3.8, 4) is 0 Å². The van der Waals surface area contributed by atoms with E-state index >= 15 is 0 Å². The zero-order chi connectivity index (χ0) is 14.7. The molecule has 1 fully saturated rings. The number of nitrogens with one attached hydrogen (secondary N) is 2. The van der Waals surface area contributed by atoms with Gasteiger partial charge in [-0.1, -0.05) is 12.1 Å². The van der Waals surface area contributed by atoms with E-state index in [1.807, 2.05) is 31.2 Å². The second-order valence-electron chi connectivity index (χ2n) is 5.32. The Balaban J connectivity index is 1.61. The molecule has 1 amide bonds. The van der Waals surface area contributed by atoms with Gasteiger partial charge in [0.05, 0.1) is 6.04 Å². The SMILES string of the molecule is C[C@@H](Nc1ncccn1)c1ccc(NC(=O)C2CC2)cc1. The summed E-state index contributed by atoms with van der Waals surface area (Å²) in [5.74, 6) is 0.961. The molecule has 5 heteroatoms. The molecule has 1 aromatic heterocycles. The second kappa shape index (κ2) is 5.91. The standard InChI is InChI=1S/C16H18N4O/c1-11(19-16-17-9-2-10-18-16)12-5-7-14(8-6-12)20-15(21)13-3-4-13/h2,5-11,13H,3-4H2,1H3,(H,20,21)(H,17,18,19)/t11-/m1/s1. The number of hydrogen-bond acceptors (Lipinski definition) is 4. The number of aromatic nitrogens is 2. The van der Waals surface area contributed by atoms with Crippen LogP contribution in [0.1, 0.15) is 31.4 Å². The molecule has 2 aromatic rings. The minimum Gasteiger partial charge on any atom is -0.348 e. The zero-order valence-electron chi connectivity index (χ0n) is 11.9. The van der Waals surface area contributed by atoms with E-state index in [-0.39, 0.29) is 17.9 Å². The fourth-order valence-electron chi connectivity index (χ4n) is 2.10. The highest BCUT2D eigenvalue weighted by Crippen LogP contribution is 2.30. The number of rotatable bonds is 5. The van der Waals surface area contributed by atoms with E-state index in [9.17, 15) is 4.79 Å². The molecule has 0 bridgehead atoms. The third kappa shape index (κ3) is 3.56. The number of benzene rings is 1. The Morgan fingerprint density at radius 3 is 2.48 bits per heavy atom. The maximum absolute atomic E-state index is 11.7. The first-order chi connectivity index (χ1) is 10.2. The van der Waals surface area contributed by atoms with Crippen LogP contribution in [0.3, 0.4) is 0 Å². The number of carbonyl (C=O) groups is 1. The molecule has 0 saturated heterocycles. The summed E-state index contributed by atoms with van der Waals surface area (Å²) in [6.07, 6.45) is 5.45.